The topological polar surface area (TPSA) is 69.6 Å². The first-order valence-electron chi connectivity index (χ1n) is 8.05. The van der Waals surface area contributed by atoms with Crippen LogP contribution in [0.3, 0.4) is 0 Å². The average molecular weight is 294 g/mol. The second-order valence-corrected chi connectivity index (χ2v) is 6.19. The van der Waals surface area contributed by atoms with Crippen LogP contribution in [0.2, 0.25) is 0 Å². The molecule has 0 spiro atoms. The highest BCUT2D eigenvalue weighted by Gasteiger charge is 2.36. The van der Waals surface area contributed by atoms with Gasteiger partial charge in [0.15, 0.2) is 0 Å². The van der Waals surface area contributed by atoms with E-state index in [4.69, 9.17) is 0 Å². The van der Waals surface area contributed by atoms with Gasteiger partial charge in [-0.1, -0.05) is 18.6 Å². The van der Waals surface area contributed by atoms with Gasteiger partial charge in [-0.3, -0.25) is 0 Å². The third kappa shape index (κ3) is 4.22. The quantitative estimate of drug-likeness (QED) is 0.783. The average Bonchev–Trinajstić information content (AvgIpc) is 2.47. The van der Waals surface area contributed by atoms with Crippen LogP contribution < -0.4 is 5.32 Å². The molecule has 1 aliphatic heterocycles. The Hall–Kier alpha value is -1.52. The van der Waals surface area contributed by atoms with Crippen LogP contribution in [-0.2, 0) is 4.79 Å². The van der Waals surface area contributed by atoms with E-state index >= 15 is 0 Å². The number of piperidine rings is 1. The lowest BCUT2D eigenvalue weighted by Gasteiger charge is -2.37. The van der Waals surface area contributed by atoms with Crippen LogP contribution in [0.5, 0.6) is 0 Å². The molecule has 0 aromatic rings. The summed E-state index contributed by atoms with van der Waals surface area (Å²) in [5, 5.41) is 12.2. The number of nitrogens with zero attached hydrogens (tertiary/aromatic N) is 1. The molecule has 0 bridgehead atoms. The van der Waals surface area contributed by atoms with Gasteiger partial charge in [-0.15, -0.1) is 0 Å². The summed E-state index contributed by atoms with van der Waals surface area (Å²) in [5.41, 5.74) is 1.42. The van der Waals surface area contributed by atoms with E-state index in [1.54, 1.807) is 0 Å². The van der Waals surface area contributed by atoms with E-state index in [1.807, 2.05) is 6.92 Å². The molecule has 1 saturated heterocycles. The van der Waals surface area contributed by atoms with Gasteiger partial charge in [-0.2, -0.15) is 0 Å². The van der Waals surface area contributed by atoms with Gasteiger partial charge < -0.3 is 15.3 Å². The molecule has 2 atom stereocenters. The lowest BCUT2D eigenvalue weighted by atomic mass is 9.91. The molecule has 1 aliphatic carbocycles. The smallest absolute Gasteiger partial charge is 0.326 e. The fourth-order valence-electron chi connectivity index (χ4n) is 3.36. The number of rotatable bonds is 4. The Bertz CT molecular complexity index is 420. The van der Waals surface area contributed by atoms with Crippen molar-refractivity contribution in [3.63, 3.8) is 0 Å². The molecule has 1 heterocycles. The molecule has 2 unspecified atom stereocenters. The van der Waals surface area contributed by atoms with Crippen molar-refractivity contribution in [2.45, 2.75) is 57.9 Å². The minimum absolute atomic E-state index is 0.0167. The minimum Gasteiger partial charge on any atom is -0.480 e. The zero-order valence-electron chi connectivity index (χ0n) is 12.8. The number of hydrogen-bond donors (Lipinski definition) is 2. The maximum absolute atomic E-state index is 12.2. The van der Waals surface area contributed by atoms with Gasteiger partial charge in [0.1, 0.15) is 6.04 Å². The second kappa shape index (κ2) is 7.48. The summed E-state index contributed by atoms with van der Waals surface area (Å²) in [6, 6.07) is -0.919. The summed E-state index contributed by atoms with van der Waals surface area (Å²) in [7, 11) is 0. The van der Waals surface area contributed by atoms with Gasteiger partial charge in [0, 0.05) is 13.1 Å². The number of carboxylic acids is 1. The molecule has 0 saturated carbocycles. The molecule has 1 fully saturated rings. The Labute approximate surface area is 126 Å². The van der Waals surface area contributed by atoms with Crippen molar-refractivity contribution < 1.29 is 14.7 Å². The molecule has 2 amide bonds. The predicted molar refractivity (Wildman–Crippen MR) is 81.1 cm³/mol. The van der Waals surface area contributed by atoms with Crippen LogP contribution >= 0.6 is 0 Å². The van der Waals surface area contributed by atoms with Crippen molar-refractivity contribution in [2.75, 3.05) is 13.1 Å². The molecular formula is C16H26N2O3. The first-order valence-corrected chi connectivity index (χ1v) is 8.05. The maximum Gasteiger partial charge on any atom is 0.326 e. The summed E-state index contributed by atoms with van der Waals surface area (Å²) in [6.45, 7) is 3.04. The molecule has 2 N–H and O–H groups in total. The Morgan fingerprint density at radius 1 is 1.38 bits per heavy atom. The Morgan fingerprint density at radius 2 is 2.19 bits per heavy atom. The van der Waals surface area contributed by atoms with Gasteiger partial charge in [0.2, 0.25) is 0 Å². The van der Waals surface area contributed by atoms with Crippen molar-refractivity contribution >= 4 is 12.0 Å². The van der Waals surface area contributed by atoms with E-state index in [0.29, 0.717) is 13.1 Å². The van der Waals surface area contributed by atoms with Crippen LogP contribution in [0.4, 0.5) is 4.79 Å². The zero-order chi connectivity index (χ0) is 15.2. The van der Waals surface area contributed by atoms with E-state index in [-0.39, 0.29) is 11.9 Å². The molecule has 0 aromatic heterocycles. The summed E-state index contributed by atoms with van der Waals surface area (Å²) in [6.07, 6.45) is 9.69. The number of carboxylic acid groups (broad SMARTS) is 1. The maximum atomic E-state index is 12.2. The van der Waals surface area contributed by atoms with Crippen molar-refractivity contribution in [2.24, 2.45) is 5.92 Å². The summed E-state index contributed by atoms with van der Waals surface area (Å²) in [4.78, 5) is 25.1. The number of carbonyl (C=O) groups is 2. The molecule has 0 radical (unpaired) electrons. The van der Waals surface area contributed by atoms with Crippen molar-refractivity contribution in [3.8, 4) is 0 Å². The van der Waals surface area contributed by atoms with Gasteiger partial charge in [0.05, 0.1) is 0 Å². The van der Waals surface area contributed by atoms with Crippen molar-refractivity contribution in [1.82, 2.24) is 10.2 Å². The monoisotopic (exact) mass is 294 g/mol. The largest absolute Gasteiger partial charge is 0.480 e. The summed E-state index contributed by atoms with van der Waals surface area (Å²) < 4.78 is 0. The molecule has 2 rings (SSSR count). The third-order valence-corrected chi connectivity index (χ3v) is 4.55. The standard InChI is InChI=1S/C16H26N2O3/c1-12-6-5-11-18(14(12)15(19)20)16(21)17-10-9-13-7-3-2-4-8-13/h7,12,14H,2-6,8-11H2,1H3,(H,17,21)(H,19,20). The highest BCUT2D eigenvalue weighted by Crippen LogP contribution is 2.24. The predicted octanol–water partition coefficient (Wildman–Crippen LogP) is 2.77. The Balaban J connectivity index is 1.83. The molecule has 5 heteroatoms. The molecular weight excluding hydrogens is 268 g/mol. The van der Waals surface area contributed by atoms with E-state index in [9.17, 15) is 14.7 Å². The number of carbonyl (C=O) groups excluding carboxylic acids is 1. The molecule has 5 nitrogen and oxygen atoms in total. The van der Waals surface area contributed by atoms with Crippen LogP contribution in [0.15, 0.2) is 11.6 Å². The molecule has 21 heavy (non-hydrogen) atoms. The van der Waals surface area contributed by atoms with Gasteiger partial charge in [0.25, 0.3) is 0 Å². The van der Waals surface area contributed by atoms with Crippen LogP contribution in [-0.4, -0.2) is 41.1 Å². The highest BCUT2D eigenvalue weighted by atomic mass is 16.4. The van der Waals surface area contributed by atoms with Gasteiger partial charge in [-0.05, 0) is 50.9 Å². The number of nitrogens with one attached hydrogen (secondary N) is 1. The Kier molecular flexibility index (Phi) is 5.65. The number of urea groups is 1. The fraction of sp³-hybridized carbons (Fsp3) is 0.750. The number of amides is 2. The first kappa shape index (κ1) is 15.9. The van der Waals surface area contributed by atoms with E-state index in [0.717, 1.165) is 32.1 Å². The number of hydrogen-bond acceptors (Lipinski definition) is 2. The van der Waals surface area contributed by atoms with Crippen LogP contribution in [0, 0.1) is 5.92 Å². The second-order valence-electron chi connectivity index (χ2n) is 6.19. The lowest BCUT2D eigenvalue weighted by Crippen LogP contribution is -2.55. The van der Waals surface area contributed by atoms with E-state index in [2.05, 4.69) is 11.4 Å². The zero-order valence-corrected chi connectivity index (χ0v) is 12.8. The van der Waals surface area contributed by atoms with Crippen LogP contribution in [0.25, 0.3) is 0 Å². The normalized spacial score (nSPS) is 26.1. The fourth-order valence-corrected chi connectivity index (χ4v) is 3.36. The van der Waals surface area contributed by atoms with Gasteiger partial charge >= 0.3 is 12.0 Å². The number of allylic oxidation sites excluding steroid dienone is 1. The highest BCUT2D eigenvalue weighted by molar-refractivity contribution is 5.83. The third-order valence-electron chi connectivity index (χ3n) is 4.55. The summed E-state index contributed by atoms with van der Waals surface area (Å²) in [5.74, 6) is -0.879. The number of aliphatic carboxylic acids is 1. The lowest BCUT2D eigenvalue weighted by molar-refractivity contribution is -0.145. The number of likely N-dealkylation sites (tertiary alicyclic amines) is 1. The van der Waals surface area contributed by atoms with E-state index < -0.39 is 12.0 Å². The first-order chi connectivity index (χ1) is 10.1. The molecule has 0 aromatic carbocycles. The molecule has 118 valence electrons. The summed E-state index contributed by atoms with van der Waals surface area (Å²) >= 11 is 0. The van der Waals surface area contributed by atoms with Crippen LogP contribution in [0.1, 0.15) is 51.9 Å². The van der Waals surface area contributed by atoms with Gasteiger partial charge in [-0.25, -0.2) is 9.59 Å². The van der Waals surface area contributed by atoms with Crippen molar-refractivity contribution in [1.29, 1.82) is 0 Å². The molecule has 2 aliphatic rings. The van der Waals surface area contributed by atoms with E-state index in [1.165, 1.54) is 23.3 Å². The minimum atomic E-state index is -0.896. The SMILES string of the molecule is CC1CCCN(C(=O)NCCC2=CCCCC2)C1C(=O)O. The Morgan fingerprint density at radius 3 is 2.86 bits per heavy atom. The van der Waals surface area contributed by atoms with Crippen molar-refractivity contribution in [3.05, 3.63) is 11.6 Å².